The summed E-state index contributed by atoms with van der Waals surface area (Å²) >= 11 is 3.20. The maximum absolute atomic E-state index is 10.8. The summed E-state index contributed by atoms with van der Waals surface area (Å²) in [7, 11) is 0. The molecule has 0 saturated carbocycles. The van der Waals surface area contributed by atoms with E-state index in [0.29, 0.717) is 4.88 Å². The van der Waals surface area contributed by atoms with Crippen molar-refractivity contribution in [3.8, 4) is 0 Å². The molecule has 1 rings (SSSR count). The lowest BCUT2D eigenvalue weighted by atomic mass is 10.2. The fourth-order valence-corrected chi connectivity index (χ4v) is 2.92. The van der Waals surface area contributed by atoms with Crippen LogP contribution in [0.5, 0.6) is 0 Å². The van der Waals surface area contributed by atoms with Gasteiger partial charge in [-0.2, -0.15) is 11.8 Å². The van der Waals surface area contributed by atoms with Gasteiger partial charge in [0.05, 0.1) is 0 Å². The Bertz CT molecular complexity index is 361. The third-order valence-electron chi connectivity index (χ3n) is 1.89. The molecule has 1 aromatic heterocycles. The van der Waals surface area contributed by atoms with E-state index in [1.165, 1.54) is 11.3 Å². The first-order valence-electron chi connectivity index (χ1n) is 4.76. The number of hydrogen-bond donors (Lipinski definition) is 1. The standard InChI is InChI=1S/C11H16O2S2/c1-7-8(6-14-11(2,3)4)5-9(15-7)10(12)13/h5H,6H2,1-4H3,(H,12,13). The zero-order valence-electron chi connectivity index (χ0n) is 9.46. The fourth-order valence-electron chi connectivity index (χ4n) is 1.06. The maximum Gasteiger partial charge on any atom is 0.345 e. The summed E-state index contributed by atoms with van der Waals surface area (Å²) in [5.74, 6) is 0.0640. The van der Waals surface area contributed by atoms with Gasteiger partial charge in [0.25, 0.3) is 0 Å². The topological polar surface area (TPSA) is 37.3 Å². The molecule has 0 bridgehead atoms. The van der Waals surface area contributed by atoms with Crippen LogP contribution in [0.3, 0.4) is 0 Å². The lowest BCUT2D eigenvalue weighted by Gasteiger charge is -2.17. The highest BCUT2D eigenvalue weighted by molar-refractivity contribution is 7.99. The van der Waals surface area contributed by atoms with Crippen LogP contribution < -0.4 is 0 Å². The van der Waals surface area contributed by atoms with Crippen LogP contribution in [-0.4, -0.2) is 15.8 Å². The van der Waals surface area contributed by atoms with Crippen LogP contribution in [0, 0.1) is 6.92 Å². The van der Waals surface area contributed by atoms with Crippen molar-refractivity contribution in [1.29, 1.82) is 0 Å². The Balaban J connectivity index is 2.74. The van der Waals surface area contributed by atoms with Gasteiger partial charge in [0.1, 0.15) is 4.88 Å². The van der Waals surface area contributed by atoms with Crippen molar-refractivity contribution in [2.45, 2.75) is 38.2 Å². The van der Waals surface area contributed by atoms with Gasteiger partial charge in [-0.1, -0.05) is 20.8 Å². The van der Waals surface area contributed by atoms with Gasteiger partial charge in [0.2, 0.25) is 0 Å². The summed E-state index contributed by atoms with van der Waals surface area (Å²) in [4.78, 5) is 12.3. The Morgan fingerprint density at radius 3 is 2.53 bits per heavy atom. The minimum atomic E-state index is -0.824. The molecule has 0 saturated heterocycles. The van der Waals surface area contributed by atoms with Crippen LogP contribution in [0.4, 0.5) is 0 Å². The molecule has 15 heavy (non-hydrogen) atoms. The summed E-state index contributed by atoms with van der Waals surface area (Å²) in [5.41, 5.74) is 1.15. The first-order chi connectivity index (χ1) is 6.79. The van der Waals surface area contributed by atoms with Crippen molar-refractivity contribution in [2.75, 3.05) is 0 Å². The quantitative estimate of drug-likeness (QED) is 0.879. The Kier molecular flexibility index (Phi) is 3.84. The van der Waals surface area contributed by atoms with E-state index in [1.54, 1.807) is 6.07 Å². The second-order valence-electron chi connectivity index (χ2n) is 4.40. The van der Waals surface area contributed by atoms with E-state index in [1.807, 2.05) is 18.7 Å². The Morgan fingerprint density at radius 2 is 2.13 bits per heavy atom. The molecule has 0 unspecified atom stereocenters. The number of aryl methyl sites for hydroxylation is 1. The Labute approximate surface area is 98.7 Å². The lowest BCUT2D eigenvalue weighted by Crippen LogP contribution is -2.07. The molecule has 1 N–H and O–H groups in total. The molecule has 0 atom stereocenters. The van der Waals surface area contributed by atoms with Gasteiger partial charge in [0, 0.05) is 15.4 Å². The van der Waals surface area contributed by atoms with Gasteiger partial charge in [-0.3, -0.25) is 0 Å². The molecule has 0 fully saturated rings. The molecule has 84 valence electrons. The smallest absolute Gasteiger partial charge is 0.345 e. The third kappa shape index (κ3) is 3.87. The first kappa shape index (κ1) is 12.6. The van der Waals surface area contributed by atoms with E-state index in [4.69, 9.17) is 5.11 Å². The van der Waals surface area contributed by atoms with Crippen molar-refractivity contribution in [3.05, 3.63) is 21.4 Å². The molecule has 0 aliphatic carbocycles. The molecule has 0 aliphatic heterocycles. The molecule has 0 aromatic carbocycles. The van der Waals surface area contributed by atoms with Gasteiger partial charge in [-0.15, -0.1) is 11.3 Å². The summed E-state index contributed by atoms with van der Waals surface area (Å²) in [6.07, 6.45) is 0. The minimum Gasteiger partial charge on any atom is -0.477 e. The van der Waals surface area contributed by atoms with Gasteiger partial charge in [-0.05, 0) is 18.6 Å². The maximum atomic E-state index is 10.8. The molecule has 0 radical (unpaired) electrons. The summed E-state index contributed by atoms with van der Waals surface area (Å²) in [6.45, 7) is 8.47. The van der Waals surface area contributed by atoms with Crippen LogP contribution >= 0.6 is 23.1 Å². The van der Waals surface area contributed by atoms with Crippen molar-refractivity contribution < 1.29 is 9.90 Å². The number of aromatic carboxylic acids is 1. The number of carboxylic acids is 1. The number of carbonyl (C=O) groups is 1. The van der Waals surface area contributed by atoms with E-state index < -0.39 is 5.97 Å². The first-order valence-corrected chi connectivity index (χ1v) is 6.56. The van der Waals surface area contributed by atoms with Gasteiger partial charge in [-0.25, -0.2) is 4.79 Å². The number of carboxylic acid groups (broad SMARTS) is 1. The second-order valence-corrected chi connectivity index (χ2v) is 7.46. The SMILES string of the molecule is Cc1sc(C(=O)O)cc1CSC(C)(C)C. The van der Waals surface area contributed by atoms with E-state index in [9.17, 15) is 4.79 Å². The molecule has 4 heteroatoms. The third-order valence-corrected chi connectivity index (χ3v) is 4.29. The monoisotopic (exact) mass is 244 g/mol. The van der Waals surface area contributed by atoms with Crippen molar-refractivity contribution >= 4 is 29.1 Å². The van der Waals surface area contributed by atoms with Crippen molar-refractivity contribution in [2.24, 2.45) is 0 Å². The molecule has 0 amide bonds. The van der Waals surface area contributed by atoms with Crippen LogP contribution in [0.25, 0.3) is 0 Å². The number of hydrogen-bond acceptors (Lipinski definition) is 3. The highest BCUT2D eigenvalue weighted by Crippen LogP contribution is 2.31. The largest absolute Gasteiger partial charge is 0.477 e. The van der Waals surface area contributed by atoms with Crippen LogP contribution in [-0.2, 0) is 5.75 Å². The van der Waals surface area contributed by atoms with Gasteiger partial charge < -0.3 is 5.11 Å². The zero-order valence-corrected chi connectivity index (χ0v) is 11.1. The van der Waals surface area contributed by atoms with E-state index in [2.05, 4.69) is 20.8 Å². The highest BCUT2D eigenvalue weighted by atomic mass is 32.2. The van der Waals surface area contributed by atoms with Crippen LogP contribution in [0.1, 0.15) is 40.9 Å². The van der Waals surface area contributed by atoms with E-state index >= 15 is 0 Å². The highest BCUT2D eigenvalue weighted by Gasteiger charge is 2.15. The number of thiophene rings is 1. The zero-order chi connectivity index (χ0) is 11.6. The summed E-state index contributed by atoms with van der Waals surface area (Å²) < 4.78 is 0.220. The van der Waals surface area contributed by atoms with Gasteiger partial charge in [0.15, 0.2) is 0 Å². The molecule has 0 aliphatic rings. The van der Waals surface area contributed by atoms with Crippen LogP contribution in [0.15, 0.2) is 6.07 Å². The predicted molar refractivity (Wildman–Crippen MR) is 67.1 cm³/mol. The summed E-state index contributed by atoms with van der Waals surface area (Å²) in [5, 5.41) is 8.85. The van der Waals surface area contributed by atoms with E-state index in [-0.39, 0.29) is 4.75 Å². The van der Waals surface area contributed by atoms with Crippen molar-refractivity contribution in [3.63, 3.8) is 0 Å². The average molecular weight is 244 g/mol. The predicted octanol–water partition coefficient (Wildman–Crippen LogP) is 3.79. The van der Waals surface area contributed by atoms with Gasteiger partial charge >= 0.3 is 5.97 Å². The van der Waals surface area contributed by atoms with E-state index in [0.717, 1.165) is 16.2 Å². The molecule has 1 aromatic rings. The average Bonchev–Trinajstić information content (AvgIpc) is 2.42. The van der Waals surface area contributed by atoms with Crippen LogP contribution in [0.2, 0.25) is 0 Å². The fraction of sp³-hybridized carbons (Fsp3) is 0.545. The number of rotatable bonds is 3. The normalized spacial score (nSPS) is 11.7. The summed E-state index contributed by atoms with van der Waals surface area (Å²) in [6, 6.07) is 1.79. The molecular weight excluding hydrogens is 228 g/mol. The minimum absolute atomic E-state index is 0.220. The Morgan fingerprint density at radius 1 is 1.53 bits per heavy atom. The Hall–Kier alpha value is -0.480. The lowest BCUT2D eigenvalue weighted by molar-refractivity contribution is 0.0702. The molecule has 0 spiro atoms. The second kappa shape index (κ2) is 4.58. The van der Waals surface area contributed by atoms with Crippen molar-refractivity contribution in [1.82, 2.24) is 0 Å². The molecular formula is C11H16O2S2. The number of thioether (sulfide) groups is 1. The molecule has 2 nitrogen and oxygen atoms in total. The molecule has 1 heterocycles.